The van der Waals surface area contributed by atoms with Crippen LogP contribution in [0.3, 0.4) is 0 Å². The monoisotopic (exact) mass is 297 g/mol. The molecule has 1 atom stereocenters. The zero-order chi connectivity index (χ0) is 14.8. The minimum atomic E-state index is -0.810. The van der Waals surface area contributed by atoms with Gasteiger partial charge in [0.25, 0.3) is 0 Å². The predicted molar refractivity (Wildman–Crippen MR) is 76.4 cm³/mol. The number of hydrogen-bond acceptors (Lipinski definition) is 5. The molecule has 20 heavy (non-hydrogen) atoms. The lowest BCUT2D eigenvalue weighted by Gasteiger charge is -2.39. The second kappa shape index (κ2) is 5.78. The molecule has 1 aliphatic rings. The zero-order valence-electron chi connectivity index (χ0n) is 11.5. The number of rotatable bonds is 4. The number of nitrogens with two attached hydrogens (primary N) is 1. The number of nitrogen functional groups attached to an aromatic ring is 1. The number of amides is 1. The summed E-state index contributed by atoms with van der Waals surface area (Å²) >= 11 is 1.30. The number of likely N-dealkylation sites (tertiary alicyclic amines) is 1. The van der Waals surface area contributed by atoms with Gasteiger partial charge in [0.15, 0.2) is 5.13 Å². The Morgan fingerprint density at radius 1 is 1.60 bits per heavy atom. The summed E-state index contributed by atoms with van der Waals surface area (Å²) in [4.78, 5) is 29.5. The van der Waals surface area contributed by atoms with Gasteiger partial charge >= 0.3 is 5.97 Å². The Labute approximate surface area is 121 Å². The molecule has 1 unspecified atom stereocenters. The van der Waals surface area contributed by atoms with Crippen LogP contribution < -0.4 is 5.73 Å². The number of aromatic nitrogens is 1. The van der Waals surface area contributed by atoms with Gasteiger partial charge in [-0.2, -0.15) is 0 Å². The Hall–Kier alpha value is -1.63. The molecule has 0 saturated carbocycles. The van der Waals surface area contributed by atoms with Crippen molar-refractivity contribution in [1.82, 2.24) is 9.88 Å². The quantitative estimate of drug-likeness (QED) is 0.875. The van der Waals surface area contributed by atoms with Crippen LogP contribution in [-0.2, 0) is 16.0 Å². The van der Waals surface area contributed by atoms with Crippen LogP contribution in [-0.4, -0.2) is 40.0 Å². The van der Waals surface area contributed by atoms with Crippen LogP contribution in [0.4, 0.5) is 5.13 Å². The standard InChI is InChI=1S/C13H19N3O3S/c1-2-13(11(18)19)4-3-5-16(8-13)10(17)6-9-7-20-12(14)15-9/h7H,2-6,8H2,1H3,(H2,14,15)(H,18,19). The van der Waals surface area contributed by atoms with Crippen molar-refractivity contribution in [3.05, 3.63) is 11.1 Å². The Balaban J connectivity index is 2.05. The summed E-state index contributed by atoms with van der Waals surface area (Å²) in [7, 11) is 0. The lowest BCUT2D eigenvalue weighted by Crippen LogP contribution is -2.50. The first-order valence-corrected chi connectivity index (χ1v) is 7.56. The van der Waals surface area contributed by atoms with Crippen molar-refractivity contribution in [2.75, 3.05) is 18.8 Å². The van der Waals surface area contributed by atoms with Gasteiger partial charge in [0.05, 0.1) is 17.5 Å². The molecule has 2 rings (SSSR count). The molecule has 1 saturated heterocycles. The largest absolute Gasteiger partial charge is 0.481 e. The average molecular weight is 297 g/mol. The van der Waals surface area contributed by atoms with Crippen molar-refractivity contribution < 1.29 is 14.7 Å². The number of aliphatic carboxylic acids is 1. The topological polar surface area (TPSA) is 96.5 Å². The molecule has 3 N–H and O–H groups in total. The minimum absolute atomic E-state index is 0.0749. The van der Waals surface area contributed by atoms with Crippen LogP contribution in [0.2, 0.25) is 0 Å². The number of carboxylic acids is 1. The normalized spacial score (nSPS) is 22.8. The van der Waals surface area contributed by atoms with Crippen molar-refractivity contribution in [3.8, 4) is 0 Å². The van der Waals surface area contributed by atoms with Gasteiger partial charge in [-0.05, 0) is 19.3 Å². The van der Waals surface area contributed by atoms with E-state index in [2.05, 4.69) is 4.98 Å². The molecule has 0 spiro atoms. The number of hydrogen-bond donors (Lipinski definition) is 2. The van der Waals surface area contributed by atoms with Gasteiger partial charge in [0, 0.05) is 18.5 Å². The second-order valence-electron chi connectivity index (χ2n) is 5.21. The molecule has 1 aliphatic heterocycles. The van der Waals surface area contributed by atoms with Gasteiger partial charge in [-0.15, -0.1) is 11.3 Å². The molecule has 1 fully saturated rings. The van der Waals surface area contributed by atoms with Crippen molar-refractivity contribution >= 4 is 28.3 Å². The molecule has 0 aromatic carbocycles. The van der Waals surface area contributed by atoms with E-state index in [0.29, 0.717) is 30.2 Å². The highest BCUT2D eigenvalue weighted by Crippen LogP contribution is 2.33. The molecule has 0 bridgehead atoms. The van der Waals surface area contributed by atoms with E-state index in [1.54, 1.807) is 10.3 Å². The first-order valence-electron chi connectivity index (χ1n) is 6.68. The van der Waals surface area contributed by atoms with Crippen LogP contribution in [0.1, 0.15) is 31.9 Å². The molecule has 110 valence electrons. The Bertz CT molecular complexity index is 517. The fourth-order valence-corrected chi connectivity index (χ4v) is 3.19. The highest BCUT2D eigenvalue weighted by molar-refractivity contribution is 7.13. The van der Waals surface area contributed by atoms with Crippen molar-refractivity contribution in [3.63, 3.8) is 0 Å². The molecule has 7 heteroatoms. The number of carbonyl (C=O) groups is 2. The first-order chi connectivity index (χ1) is 9.47. The number of carboxylic acid groups (broad SMARTS) is 1. The summed E-state index contributed by atoms with van der Waals surface area (Å²) in [6.45, 7) is 2.77. The minimum Gasteiger partial charge on any atom is -0.481 e. The predicted octanol–water partition coefficient (Wildman–Crippen LogP) is 1.37. The van der Waals surface area contributed by atoms with Gasteiger partial charge in [0.1, 0.15) is 0 Å². The van der Waals surface area contributed by atoms with E-state index < -0.39 is 11.4 Å². The van der Waals surface area contributed by atoms with E-state index in [-0.39, 0.29) is 18.9 Å². The maximum Gasteiger partial charge on any atom is 0.311 e. The number of piperidine rings is 1. The molecular weight excluding hydrogens is 278 g/mol. The van der Waals surface area contributed by atoms with E-state index in [4.69, 9.17) is 5.73 Å². The van der Waals surface area contributed by atoms with Crippen molar-refractivity contribution in [1.29, 1.82) is 0 Å². The van der Waals surface area contributed by atoms with E-state index in [0.717, 1.165) is 6.42 Å². The lowest BCUT2D eigenvalue weighted by atomic mass is 9.77. The van der Waals surface area contributed by atoms with Crippen LogP contribution in [0.5, 0.6) is 0 Å². The fraction of sp³-hybridized carbons (Fsp3) is 0.615. The van der Waals surface area contributed by atoms with E-state index in [1.807, 2.05) is 6.92 Å². The van der Waals surface area contributed by atoms with Crippen LogP contribution in [0.25, 0.3) is 0 Å². The molecule has 1 aromatic heterocycles. The van der Waals surface area contributed by atoms with Gasteiger partial charge in [0.2, 0.25) is 5.91 Å². The number of nitrogens with zero attached hydrogens (tertiary/aromatic N) is 2. The fourth-order valence-electron chi connectivity index (χ4n) is 2.63. The highest BCUT2D eigenvalue weighted by atomic mass is 32.1. The summed E-state index contributed by atoms with van der Waals surface area (Å²) in [5.74, 6) is -0.885. The maximum absolute atomic E-state index is 12.3. The zero-order valence-corrected chi connectivity index (χ0v) is 12.3. The molecule has 1 aromatic rings. The van der Waals surface area contributed by atoms with Gasteiger partial charge < -0.3 is 15.7 Å². The summed E-state index contributed by atoms with van der Waals surface area (Å²) in [5.41, 5.74) is 5.40. The Morgan fingerprint density at radius 3 is 2.90 bits per heavy atom. The average Bonchev–Trinajstić information content (AvgIpc) is 2.83. The van der Waals surface area contributed by atoms with Crippen LogP contribution in [0, 0.1) is 5.41 Å². The first kappa shape index (κ1) is 14.8. The highest BCUT2D eigenvalue weighted by Gasteiger charge is 2.42. The van der Waals surface area contributed by atoms with E-state index in [1.165, 1.54) is 11.3 Å². The molecule has 6 nitrogen and oxygen atoms in total. The summed E-state index contributed by atoms with van der Waals surface area (Å²) < 4.78 is 0. The van der Waals surface area contributed by atoms with Gasteiger partial charge in [-0.1, -0.05) is 6.92 Å². The number of anilines is 1. The van der Waals surface area contributed by atoms with E-state index in [9.17, 15) is 14.7 Å². The lowest BCUT2D eigenvalue weighted by molar-refractivity contribution is -0.155. The molecule has 2 heterocycles. The molecule has 0 aliphatic carbocycles. The maximum atomic E-state index is 12.3. The van der Waals surface area contributed by atoms with Gasteiger partial charge in [-0.25, -0.2) is 4.98 Å². The van der Waals surface area contributed by atoms with Crippen molar-refractivity contribution in [2.24, 2.45) is 5.41 Å². The Kier molecular flexibility index (Phi) is 4.27. The third kappa shape index (κ3) is 2.92. The van der Waals surface area contributed by atoms with E-state index >= 15 is 0 Å². The third-order valence-corrected chi connectivity index (χ3v) is 4.68. The smallest absolute Gasteiger partial charge is 0.311 e. The number of thiazole rings is 1. The molecular formula is C13H19N3O3S. The molecule has 1 amide bonds. The van der Waals surface area contributed by atoms with Crippen LogP contribution >= 0.6 is 11.3 Å². The summed E-state index contributed by atoms with van der Waals surface area (Å²) in [6, 6.07) is 0. The molecule has 0 radical (unpaired) electrons. The third-order valence-electron chi connectivity index (χ3n) is 3.96. The second-order valence-corrected chi connectivity index (χ2v) is 6.10. The van der Waals surface area contributed by atoms with Gasteiger partial charge in [-0.3, -0.25) is 9.59 Å². The summed E-state index contributed by atoms with van der Waals surface area (Å²) in [5, 5.41) is 11.6. The van der Waals surface area contributed by atoms with Crippen molar-refractivity contribution in [2.45, 2.75) is 32.6 Å². The SMILES string of the molecule is CCC1(C(=O)O)CCCN(C(=O)Cc2csc(N)n2)C1. The Morgan fingerprint density at radius 2 is 2.35 bits per heavy atom. The summed E-state index contributed by atoms with van der Waals surface area (Å²) in [6.07, 6.45) is 2.08. The number of carbonyl (C=O) groups excluding carboxylic acids is 1. The van der Waals surface area contributed by atoms with Crippen LogP contribution in [0.15, 0.2) is 5.38 Å².